The first kappa shape index (κ1) is 14.1. The van der Waals surface area contributed by atoms with Crippen LogP contribution >= 0.6 is 0 Å². The Kier molecular flexibility index (Phi) is 2.88. The largest absolute Gasteiger partial charge is 0.496 e. The molecular weight excluding hydrogens is 275 g/mol. The van der Waals surface area contributed by atoms with Gasteiger partial charge in [0.2, 0.25) is 0 Å². The summed E-state index contributed by atoms with van der Waals surface area (Å²) in [4.78, 5) is 0.313. The van der Waals surface area contributed by atoms with Gasteiger partial charge in [-0.05, 0) is 33.8 Å². The van der Waals surface area contributed by atoms with Crippen LogP contribution in [0.25, 0.3) is 0 Å². The lowest BCUT2D eigenvalue weighted by atomic mass is 9.79. The first-order valence-corrected chi connectivity index (χ1v) is 8.43. The summed E-state index contributed by atoms with van der Waals surface area (Å²) in [5.41, 5.74) is 0.0366. The zero-order valence-corrected chi connectivity index (χ0v) is 13.0. The van der Waals surface area contributed by atoms with Crippen LogP contribution in [0, 0.1) is 0 Å². The molecule has 1 heterocycles. The smallest absolute Gasteiger partial charge is 0.399 e. The van der Waals surface area contributed by atoms with Gasteiger partial charge in [0.1, 0.15) is 0 Å². The van der Waals surface area contributed by atoms with Crippen LogP contribution in [-0.4, -0.2) is 32.0 Å². The third kappa shape index (κ3) is 1.85. The van der Waals surface area contributed by atoms with E-state index in [1.165, 1.54) is 0 Å². The van der Waals surface area contributed by atoms with E-state index in [4.69, 9.17) is 9.31 Å². The Morgan fingerprint density at radius 2 is 1.70 bits per heavy atom. The van der Waals surface area contributed by atoms with Crippen molar-refractivity contribution in [2.75, 3.05) is 0 Å². The van der Waals surface area contributed by atoms with Crippen molar-refractivity contribution in [2.24, 2.45) is 0 Å². The molecule has 2 unspecified atom stereocenters. The molecule has 2 fully saturated rings. The van der Waals surface area contributed by atoms with Crippen molar-refractivity contribution < 1.29 is 17.7 Å². The molecule has 20 heavy (non-hydrogen) atoms. The highest BCUT2D eigenvalue weighted by atomic mass is 32.2. The fraction of sp³-hybridized carbons (Fsp3) is 0.571. The zero-order chi connectivity index (χ0) is 14.8. The summed E-state index contributed by atoms with van der Waals surface area (Å²) in [6, 6.07) is 6.96. The van der Waals surface area contributed by atoms with Gasteiger partial charge in [-0.3, -0.25) is 0 Å². The van der Waals surface area contributed by atoms with Crippen molar-refractivity contribution in [3.63, 3.8) is 0 Å². The molecule has 3 rings (SSSR count). The van der Waals surface area contributed by atoms with Crippen LogP contribution in [0.15, 0.2) is 29.2 Å². The molecule has 0 amide bonds. The molecule has 1 aliphatic carbocycles. The van der Waals surface area contributed by atoms with Crippen LogP contribution in [0.2, 0.25) is 0 Å². The van der Waals surface area contributed by atoms with Crippen molar-refractivity contribution in [2.45, 2.75) is 55.5 Å². The summed E-state index contributed by atoms with van der Waals surface area (Å²) in [6.07, 6.45) is 0.857. The number of sulfone groups is 1. The van der Waals surface area contributed by atoms with Gasteiger partial charge in [0.25, 0.3) is 0 Å². The monoisotopic (exact) mass is 294 g/mol. The molecule has 0 N–H and O–H groups in total. The molecule has 1 aromatic rings. The van der Waals surface area contributed by atoms with Crippen LogP contribution < -0.4 is 5.46 Å². The summed E-state index contributed by atoms with van der Waals surface area (Å²) in [5, 5.41) is -0.467. The minimum Gasteiger partial charge on any atom is -0.399 e. The second-order valence-electron chi connectivity index (χ2n) is 6.34. The van der Waals surface area contributed by atoms with Gasteiger partial charge >= 0.3 is 7.12 Å². The van der Waals surface area contributed by atoms with Crippen molar-refractivity contribution in [1.29, 1.82) is 0 Å². The van der Waals surface area contributed by atoms with E-state index in [1.54, 1.807) is 32.0 Å². The molecule has 0 bridgehead atoms. The molecule has 1 aliphatic heterocycles. The van der Waals surface area contributed by atoms with Crippen molar-refractivity contribution in [1.82, 2.24) is 0 Å². The summed E-state index contributed by atoms with van der Waals surface area (Å²) in [5.74, 6) is 0. The van der Waals surface area contributed by atoms with E-state index in [0.29, 0.717) is 10.4 Å². The Bertz CT molecular complexity index is 641. The Hall–Kier alpha value is -0.845. The molecular formula is C14H19BO4S. The lowest BCUT2D eigenvalue weighted by Gasteiger charge is -2.16. The lowest BCUT2D eigenvalue weighted by Crippen LogP contribution is -2.39. The standard InChI is InChI=1S/C14H19BO4S/c1-10(2)20(16,17)12-8-6-5-7-11(12)15-18-13(3)9-14(13,4)19-15/h5-8,10H,9H2,1-4H3. The first-order chi connectivity index (χ1) is 9.20. The van der Waals surface area contributed by atoms with E-state index in [1.807, 2.05) is 19.9 Å². The third-order valence-electron chi connectivity index (χ3n) is 4.50. The van der Waals surface area contributed by atoms with Gasteiger partial charge in [-0.2, -0.15) is 0 Å². The normalized spacial score (nSPS) is 32.5. The number of benzene rings is 1. The summed E-state index contributed by atoms with van der Waals surface area (Å²) >= 11 is 0. The van der Waals surface area contributed by atoms with Crippen LogP contribution in [0.5, 0.6) is 0 Å². The summed E-state index contributed by atoms with van der Waals surface area (Å²) < 4.78 is 36.8. The molecule has 0 aromatic heterocycles. The Balaban J connectivity index is 2.01. The van der Waals surface area contributed by atoms with E-state index in [0.717, 1.165) is 6.42 Å². The second kappa shape index (κ2) is 4.09. The Labute approximate surface area is 120 Å². The molecule has 4 nitrogen and oxygen atoms in total. The summed E-state index contributed by atoms with van der Waals surface area (Å²) in [7, 11) is -3.94. The van der Waals surface area contributed by atoms with Gasteiger partial charge in [-0.25, -0.2) is 8.42 Å². The molecule has 2 atom stereocenters. The molecule has 1 saturated carbocycles. The maximum atomic E-state index is 12.5. The average Bonchev–Trinajstić information content (AvgIpc) is 2.78. The second-order valence-corrected chi connectivity index (χ2v) is 8.81. The van der Waals surface area contributed by atoms with Crippen LogP contribution in [0.1, 0.15) is 34.1 Å². The van der Waals surface area contributed by atoms with Gasteiger partial charge in [-0.1, -0.05) is 18.2 Å². The maximum Gasteiger partial charge on any atom is 0.496 e. The first-order valence-electron chi connectivity index (χ1n) is 6.88. The van der Waals surface area contributed by atoms with Crippen LogP contribution in [0.4, 0.5) is 0 Å². The SMILES string of the molecule is CC(C)S(=O)(=O)c1ccccc1B1OC2(C)CC2(C)O1. The van der Waals surface area contributed by atoms with Gasteiger partial charge in [0, 0.05) is 11.9 Å². The minimum atomic E-state index is -3.35. The predicted octanol–water partition coefficient (Wildman–Crippen LogP) is 1.53. The van der Waals surface area contributed by atoms with Crippen molar-refractivity contribution in [3.8, 4) is 0 Å². The molecule has 1 saturated heterocycles. The maximum absolute atomic E-state index is 12.5. The Morgan fingerprint density at radius 3 is 2.25 bits per heavy atom. The molecule has 1 aromatic carbocycles. The molecule has 0 radical (unpaired) electrons. The molecule has 2 aliphatic rings. The minimum absolute atomic E-state index is 0.285. The quantitative estimate of drug-likeness (QED) is 0.793. The van der Waals surface area contributed by atoms with E-state index in [9.17, 15) is 8.42 Å². The van der Waals surface area contributed by atoms with Gasteiger partial charge in [-0.15, -0.1) is 0 Å². The van der Waals surface area contributed by atoms with Crippen LogP contribution in [-0.2, 0) is 19.1 Å². The highest BCUT2D eigenvalue weighted by Crippen LogP contribution is 2.58. The highest BCUT2D eigenvalue weighted by molar-refractivity contribution is 7.92. The lowest BCUT2D eigenvalue weighted by molar-refractivity contribution is 0.187. The number of rotatable bonds is 3. The van der Waals surface area contributed by atoms with E-state index in [-0.39, 0.29) is 11.2 Å². The van der Waals surface area contributed by atoms with Crippen molar-refractivity contribution in [3.05, 3.63) is 24.3 Å². The van der Waals surface area contributed by atoms with E-state index < -0.39 is 22.2 Å². The zero-order valence-electron chi connectivity index (χ0n) is 12.2. The number of hydrogen-bond acceptors (Lipinski definition) is 4. The highest BCUT2D eigenvalue weighted by Gasteiger charge is 2.71. The molecule has 0 spiro atoms. The third-order valence-corrected chi connectivity index (χ3v) is 6.73. The van der Waals surface area contributed by atoms with Gasteiger partial charge < -0.3 is 9.31 Å². The number of fused-ring (bicyclic) bond motifs is 1. The van der Waals surface area contributed by atoms with E-state index in [2.05, 4.69) is 0 Å². The van der Waals surface area contributed by atoms with Gasteiger partial charge in [0.05, 0.1) is 21.3 Å². The average molecular weight is 294 g/mol. The topological polar surface area (TPSA) is 52.6 Å². The summed E-state index contributed by atoms with van der Waals surface area (Å²) in [6.45, 7) is 7.38. The van der Waals surface area contributed by atoms with Crippen LogP contribution in [0.3, 0.4) is 0 Å². The van der Waals surface area contributed by atoms with E-state index >= 15 is 0 Å². The number of hydrogen-bond donors (Lipinski definition) is 0. The fourth-order valence-corrected chi connectivity index (χ4v) is 4.01. The molecule has 108 valence electrons. The Morgan fingerprint density at radius 1 is 1.15 bits per heavy atom. The molecule has 6 heteroatoms. The van der Waals surface area contributed by atoms with Crippen molar-refractivity contribution >= 4 is 22.4 Å². The van der Waals surface area contributed by atoms with Gasteiger partial charge in [0.15, 0.2) is 9.84 Å². The predicted molar refractivity (Wildman–Crippen MR) is 77.7 cm³/mol. The fourth-order valence-electron chi connectivity index (χ4n) is 2.74.